The lowest BCUT2D eigenvalue weighted by atomic mass is 9.87. The molecule has 0 aliphatic carbocycles. The van der Waals surface area contributed by atoms with E-state index >= 15 is 0 Å². The topological polar surface area (TPSA) is 46.2 Å². The van der Waals surface area contributed by atoms with Crippen molar-refractivity contribution in [3.8, 4) is 0 Å². The van der Waals surface area contributed by atoms with Crippen LogP contribution in [0.25, 0.3) is 0 Å². The van der Waals surface area contributed by atoms with Gasteiger partial charge < -0.3 is 5.32 Å². The van der Waals surface area contributed by atoms with Gasteiger partial charge in [-0.3, -0.25) is 9.59 Å². The molecule has 3 heteroatoms. The van der Waals surface area contributed by atoms with Gasteiger partial charge in [0.1, 0.15) is 0 Å². The molecule has 0 fully saturated rings. The monoisotopic (exact) mass is 309 g/mol. The number of carbonyl (C=O) groups excluding carboxylic acids is 2. The smallest absolute Gasteiger partial charge is 0.251 e. The minimum atomic E-state index is -0.0962. The predicted molar refractivity (Wildman–Crippen MR) is 92.8 cm³/mol. The van der Waals surface area contributed by atoms with Gasteiger partial charge in [0.05, 0.1) is 0 Å². The Bertz CT molecular complexity index is 692. The average Bonchev–Trinajstić information content (AvgIpc) is 2.52. The van der Waals surface area contributed by atoms with E-state index in [-0.39, 0.29) is 17.1 Å². The molecule has 0 saturated carbocycles. The van der Waals surface area contributed by atoms with Crippen molar-refractivity contribution in [1.82, 2.24) is 5.32 Å². The maximum Gasteiger partial charge on any atom is 0.251 e. The Morgan fingerprint density at radius 3 is 1.87 bits per heavy atom. The van der Waals surface area contributed by atoms with E-state index in [0.29, 0.717) is 17.7 Å². The summed E-state index contributed by atoms with van der Waals surface area (Å²) < 4.78 is 0. The summed E-state index contributed by atoms with van der Waals surface area (Å²) in [6, 6.07) is 15.0. The Morgan fingerprint density at radius 1 is 0.870 bits per heavy atom. The first-order valence-corrected chi connectivity index (χ1v) is 7.76. The fraction of sp³-hybridized carbons (Fsp3) is 0.300. The van der Waals surface area contributed by atoms with Gasteiger partial charge >= 0.3 is 0 Å². The van der Waals surface area contributed by atoms with Crippen molar-refractivity contribution in [2.45, 2.75) is 39.7 Å². The normalized spacial score (nSPS) is 11.1. The third kappa shape index (κ3) is 4.52. The minimum Gasteiger partial charge on any atom is -0.348 e. The Balaban J connectivity index is 1.98. The molecule has 120 valence electrons. The van der Waals surface area contributed by atoms with Gasteiger partial charge in [-0.05, 0) is 35.6 Å². The summed E-state index contributed by atoms with van der Waals surface area (Å²) in [4.78, 5) is 23.4. The zero-order valence-corrected chi connectivity index (χ0v) is 14.1. The average molecular weight is 309 g/mol. The molecule has 2 aromatic rings. The van der Waals surface area contributed by atoms with E-state index in [1.807, 2.05) is 36.4 Å². The highest BCUT2D eigenvalue weighted by atomic mass is 16.1. The molecule has 0 aromatic heterocycles. The molecular weight excluding hydrogens is 286 g/mol. The molecule has 0 atom stereocenters. The van der Waals surface area contributed by atoms with Gasteiger partial charge in [0.25, 0.3) is 5.91 Å². The standard InChI is InChI=1S/C20H23NO2/c1-14(22)16-7-5-15(6-8-16)13-21-19(23)17-9-11-18(12-10-17)20(2,3)4/h5-12H,13H2,1-4H3,(H,21,23). The van der Waals surface area contributed by atoms with E-state index < -0.39 is 0 Å². The van der Waals surface area contributed by atoms with Crippen molar-refractivity contribution in [3.05, 3.63) is 70.8 Å². The fourth-order valence-electron chi connectivity index (χ4n) is 2.26. The second-order valence-corrected chi connectivity index (χ2v) is 6.76. The first-order valence-electron chi connectivity index (χ1n) is 7.76. The van der Waals surface area contributed by atoms with Crippen LogP contribution in [-0.4, -0.2) is 11.7 Å². The lowest BCUT2D eigenvalue weighted by Crippen LogP contribution is -2.23. The largest absolute Gasteiger partial charge is 0.348 e. The van der Waals surface area contributed by atoms with Crippen LogP contribution >= 0.6 is 0 Å². The highest BCUT2D eigenvalue weighted by Crippen LogP contribution is 2.22. The van der Waals surface area contributed by atoms with Crippen molar-refractivity contribution in [3.63, 3.8) is 0 Å². The number of amides is 1. The Hall–Kier alpha value is -2.42. The zero-order valence-electron chi connectivity index (χ0n) is 14.1. The molecule has 0 aliphatic rings. The molecule has 0 spiro atoms. The molecule has 0 heterocycles. The first kappa shape index (κ1) is 16.9. The van der Waals surface area contributed by atoms with E-state index in [1.165, 1.54) is 12.5 Å². The van der Waals surface area contributed by atoms with Crippen LogP contribution in [0.5, 0.6) is 0 Å². The zero-order chi connectivity index (χ0) is 17.0. The van der Waals surface area contributed by atoms with E-state index in [1.54, 1.807) is 12.1 Å². The minimum absolute atomic E-state index is 0.0412. The third-order valence-electron chi connectivity index (χ3n) is 3.83. The van der Waals surface area contributed by atoms with Crippen molar-refractivity contribution in [1.29, 1.82) is 0 Å². The van der Waals surface area contributed by atoms with Crippen molar-refractivity contribution in [2.24, 2.45) is 0 Å². The number of carbonyl (C=O) groups is 2. The second-order valence-electron chi connectivity index (χ2n) is 6.76. The van der Waals surface area contributed by atoms with E-state index in [4.69, 9.17) is 0 Å². The number of ketones is 1. The second kappa shape index (κ2) is 6.78. The van der Waals surface area contributed by atoms with Crippen molar-refractivity contribution in [2.75, 3.05) is 0 Å². The van der Waals surface area contributed by atoms with Crippen LogP contribution in [0.1, 0.15) is 59.5 Å². The van der Waals surface area contributed by atoms with E-state index in [0.717, 1.165) is 5.56 Å². The third-order valence-corrected chi connectivity index (χ3v) is 3.83. The van der Waals surface area contributed by atoms with Crippen molar-refractivity contribution >= 4 is 11.7 Å². The lowest BCUT2D eigenvalue weighted by molar-refractivity contribution is 0.0949. The summed E-state index contributed by atoms with van der Waals surface area (Å²) in [5, 5.41) is 2.90. The van der Waals surface area contributed by atoms with Crippen molar-refractivity contribution < 1.29 is 9.59 Å². The molecule has 1 N–H and O–H groups in total. The summed E-state index contributed by atoms with van der Waals surface area (Å²) in [6.07, 6.45) is 0. The summed E-state index contributed by atoms with van der Waals surface area (Å²) in [7, 11) is 0. The van der Waals surface area contributed by atoms with Crippen LogP contribution in [0.3, 0.4) is 0 Å². The van der Waals surface area contributed by atoms with Crippen LogP contribution in [0.15, 0.2) is 48.5 Å². The van der Waals surface area contributed by atoms with E-state index in [2.05, 4.69) is 26.1 Å². The highest BCUT2D eigenvalue weighted by Gasteiger charge is 2.14. The van der Waals surface area contributed by atoms with E-state index in [9.17, 15) is 9.59 Å². The summed E-state index contributed by atoms with van der Waals surface area (Å²) in [5.74, 6) is -0.0550. The summed E-state index contributed by atoms with van der Waals surface area (Å²) >= 11 is 0. The Morgan fingerprint density at radius 2 is 1.39 bits per heavy atom. The molecule has 0 aliphatic heterocycles. The van der Waals surface area contributed by atoms with Gasteiger partial charge in [0.2, 0.25) is 0 Å². The van der Waals surface area contributed by atoms with Crippen LogP contribution in [0, 0.1) is 0 Å². The summed E-state index contributed by atoms with van der Waals surface area (Å²) in [5.41, 5.74) is 3.58. The van der Waals surface area contributed by atoms with Crippen LogP contribution in [-0.2, 0) is 12.0 Å². The van der Waals surface area contributed by atoms with Crippen LogP contribution in [0.2, 0.25) is 0 Å². The quantitative estimate of drug-likeness (QED) is 0.864. The fourth-order valence-corrected chi connectivity index (χ4v) is 2.26. The highest BCUT2D eigenvalue weighted by molar-refractivity contribution is 5.94. The molecule has 2 aromatic carbocycles. The van der Waals surface area contributed by atoms with Crippen LogP contribution < -0.4 is 5.32 Å². The number of benzene rings is 2. The number of Topliss-reactive ketones (excluding diaryl/α,β-unsaturated/α-hetero) is 1. The van der Waals surface area contributed by atoms with Crippen LogP contribution in [0.4, 0.5) is 0 Å². The molecule has 3 nitrogen and oxygen atoms in total. The number of hydrogen-bond acceptors (Lipinski definition) is 2. The van der Waals surface area contributed by atoms with Gasteiger partial charge in [0, 0.05) is 17.7 Å². The van der Waals surface area contributed by atoms with Gasteiger partial charge in [-0.25, -0.2) is 0 Å². The first-order chi connectivity index (χ1) is 10.8. The molecule has 2 rings (SSSR count). The SMILES string of the molecule is CC(=O)c1ccc(CNC(=O)c2ccc(C(C)(C)C)cc2)cc1. The molecule has 0 bridgehead atoms. The number of hydrogen-bond donors (Lipinski definition) is 1. The van der Waals surface area contributed by atoms with Gasteiger partial charge in [-0.1, -0.05) is 57.2 Å². The molecule has 1 amide bonds. The Kier molecular flexibility index (Phi) is 4.99. The molecule has 0 unspecified atom stereocenters. The maximum absolute atomic E-state index is 12.2. The molecule has 0 radical (unpaired) electrons. The molecular formula is C20H23NO2. The van der Waals surface area contributed by atoms with Gasteiger partial charge in [-0.15, -0.1) is 0 Å². The Labute approximate surface area is 137 Å². The summed E-state index contributed by atoms with van der Waals surface area (Å²) in [6.45, 7) is 8.42. The maximum atomic E-state index is 12.2. The van der Waals surface area contributed by atoms with Gasteiger partial charge in [0.15, 0.2) is 5.78 Å². The predicted octanol–water partition coefficient (Wildman–Crippen LogP) is 4.12. The molecule has 23 heavy (non-hydrogen) atoms. The molecule has 0 saturated heterocycles. The number of nitrogens with one attached hydrogen (secondary N) is 1. The van der Waals surface area contributed by atoms with Gasteiger partial charge in [-0.2, -0.15) is 0 Å². The lowest BCUT2D eigenvalue weighted by Gasteiger charge is -2.19. The number of rotatable bonds is 4.